The van der Waals surface area contributed by atoms with Gasteiger partial charge in [0.15, 0.2) is 5.75 Å². The van der Waals surface area contributed by atoms with Crippen LogP contribution in [-0.4, -0.2) is 41.8 Å². The number of aromatic nitrogens is 2. The third kappa shape index (κ3) is 3.71. The van der Waals surface area contributed by atoms with E-state index >= 15 is 0 Å². The first kappa shape index (κ1) is 17.5. The van der Waals surface area contributed by atoms with Crippen LogP contribution in [0.3, 0.4) is 0 Å². The van der Waals surface area contributed by atoms with Crippen molar-refractivity contribution in [2.24, 2.45) is 0 Å². The number of ether oxygens (including phenoxy) is 1. The minimum absolute atomic E-state index is 0.108. The molecule has 2 aromatic rings. The molecule has 0 saturated carbocycles. The monoisotopic (exact) mass is 353 g/mol. The summed E-state index contributed by atoms with van der Waals surface area (Å²) in [6.07, 6.45) is 1.20. The van der Waals surface area contributed by atoms with Crippen molar-refractivity contribution in [1.82, 2.24) is 14.5 Å². The molecule has 10 heteroatoms. The van der Waals surface area contributed by atoms with Crippen LogP contribution < -0.4 is 4.72 Å². The highest BCUT2D eigenvalue weighted by Gasteiger charge is 2.19. The molecule has 0 fully saturated rings. The van der Waals surface area contributed by atoms with Crippen molar-refractivity contribution in [2.45, 2.75) is 18.7 Å². The van der Waals surface area contributed by atoms with Crippen LogP contribution in [0.5, 0.6) is 5.75 Å². The Morgan fingerprint density at radius 2 is 1.92 bits per heavy atom. The molecule has 1 aromatic heterocycles. The van der Waals surface area contributed by atoms with Crippen LogP contribution in [0.4, 0.5) is 0 Å². The maximum absolute atomic E-state index is 11.9. The Hall–Kier alpha value is -2.88. The molecule has 0 atom stereocenters. The van der Waals surface area contributed by atoms with E-state index in [4.69, 9.17) is 4.74 Å². The summed E-state index contributed by atoms with van der Waals surface area (Å²) in [6.45, 7) is 2.86. The maximum Gasteiger partial charge on any atom is 0.362 e. The van der Waals surface area contributed by atoms with E-state index in [9.17, 15) is 23.1 Å². The van der Waals surface area contributed by atoms with Crippen LogP contribution in [0.1, 0.15) is 24.3 Å². The van der Waals surface area contributed by atoms with Crippen LogP contribution in [-0.2, 0) is 19.6 Å². The molecule has 24 heavy (non-hydrogen) atoms. The van der Waals surface area contributed by atoms with Gasteiger partial charge in [-0.2, -0.15) is 5.10 Å². The normalized spacial score (nSPS) is 11.1. The predicted molar refractivity (Wildman–Crippen MR) is 82.2 cm³/mol. The summed E-state index contributed by atoms with van der Waals surface area (Å²) in [6, 6.07) is 5.36. The summed E-state index contributed by atoms with van der Waals surface area (Å²) < 4.78 is 31.5. The number of benzene rings is 1. The average molecular weight is 353 g/mol. The molecule has 1 amide bonds. The fraction of sp³-hybridized carbons (Fsp3) is 0.214. The van der Waals surface area contributed by atoms with Gasteiger partial charge in [-0.15, -0.1) is 0 Å². The van der Waals surface area contributed by atoms with E-state index in [-0.39, 0.29) is 22.9 Å². The van der Waals surface area contributed by atoms with Crippen LogP contribution >= 0.6 is 0 Å². The van der Waals surface area contributed by atoms with Gasteiger partial charge in [-0.05, 0) is 31.2 Å². The molecular formula is C14H15N3O6S. The SMILES string of the molecule is CCOC(=O)c1nn(-c2ccc(S(=O)(=O)NC(C)=O)cc2)cc1O. The molecule has 0 aliphatic carbocycles. The second-order valence-electron chi connectivity index (χ2n) is 4.68. The van der Waals surface area contributed by atoms with Gasteiger partial charge in [-0.25, -0.2) is 22.6 Å². The zero-order chi connectivity index (χ0) is 17.9. The lowest BCUT2D eigenvalue weighted by Gasteiger charge is -2.06. The molecule has 0 bridgehead atoms. The standard InChI is InChI=1S/C14H15N3O6S/c1-3-23-14(20)13-12(19)8-17(15-13)10-4-6-11(7-5-10)24(21,22)16-9(2)18/h4-8,19H,3H2,1-2H3,(H,16,18). The van der Waals surface area contributed by atoms with Gasteiger partial charge in [0.05, 0.1) is 23.4 Å². The number of nitrogens with one attached hydrogen (secondary N) is 1. The van der Waals surface area contributed by atoms with Gasteiger partial charge in [0.1, 0.15) is 0 Å². The number of amides is 1. The first-order chi connectivity index (χ1) is 11.2. The molecule has 2 rings (SSSR count). The van der Waals surface area contributed by atoms with Gasteiger partial charge in [0.25, 0.3) is 10.0 Å². The molecule has 0 unspecified atom stereocenters. The summed E-state index contributed by atoms with van der Waals surface area (Å²) in [4.78, 5) is 22.4. The van der Waals surface area contributed by atoms with Gasteiger partial charge in [-0.3, -0.25) is 4.79 Å². The number of nitrogens with zero attached hydrogens (tertiary/aromatic N) is 2. The van der Waals surface area contributed by atoms with Crippen LogP contribution in [0.15, 0.2) is 35.4 Å². The van der Waals surface area contributed by atoms with Crippen molar-refractivity contribution in [3.8, 4) is 11.4 Å². The average Bonchev–Trinajstić information content (AvgIpc) is 2.88. The highest BCUT2D eigenvalue weighted by molar-refractivity contribution is 7.90. The molecular weight excluding hydrogens is 338 g/mol. The third-order valence-electron chi connectivity index (χ3n) is 2.85. The summed E-state index contributed by atoms with van der Waals surface area (Å²) in [7, 11) is -3.93. The lowest BCUT2D eigenvalue weighted by atomic mass is 10.3. The molecule has 0 saturated heterocycles. The Morgan fingerprint density at radius 3 is 2.46 bits per heavy atom. The summed E-state index contributed by atoms with van der Waals surface area (Å²) >= 11 is 0. The molecule has 0 aliphatic heterocycles. The lowest BCUT2D eigenvalue weighted by molar-refractivity contribution is -0.117. The number of rotatable bonds is 5. The number of hydrogen-bond donors (Lipinski definition) is 2. The third-order valence-corrected chi connectivity index (χ3v) is 4.30. The molecule has 0 radical (unpaired) electrons. The van der Waals surface area contributed by atoms with Crippen molar-refractivity contribution >= 4 is 21.9 Å². The summed E-state index contributed by atoms with van der Waals surface area (Å²) in [5, 5.41) is 13.7. The first-order valence-electron chi connectivity index (χ1n) is 6.84. The largest absolute Gasteiger partial charge is 0.504 e. The fourth-order valence-electron chi connectivity index (χ4n) is 1.87. The highest BCUT2D eigenvalue weighted by Crippen LogP contribution is 2.20. The quantitative estimate of drug-likeness (QED) is 0.753. The second kappa shape index (κ2) is 6.71. The molecule has 0 aliphatic rings. The van der Waals surface area contributed by atoms with E-state index in [1.54, 1.807) is 6.92 Å². The minimum atomic E-state index is -3.93. The number of aromatic hydroxyl groups is 1. The van der Waals surface area contributed by atoms with E-state index in [1.165, 1.54) is 35.1 Å². The topological polar surface area (TPSA) is 128 Å². The smallest absolute Gasteiger partial charge is 0.362 e. The van der Waals surface area contributed by atoms with E-state index in [0.29, 0.717) is 5.69 Å². The highest BCUT2D eigenvalue weighted by atomic mass is 32.2. The van der Waals surface area contributed by atoms with Gasteiger partial charge in [0.2, 0.25) is 11.6 Å². The lowest BCUT2D eigenvalue weighted by Crippen LogP contribution is -2.28. The molecule has 9 nitrogen and oxygen atoms in total. The van der Waals surface area contributed by atoms with Crippen LogP contribution in [0, 0.1) is 0 Å². The van der Waals surface area contributed by atoms with Crippen molar-refractivity contribution in [3.63, 3.8) is 0 Å². The van der Waals surface area contributed by atoms with Crippen LogP contribution in [0.25, 0.3) is 5.69 Å². The Labute approximate surface area is 137 Å². The molecule has 0 spiro atoms. The van der Waals surface area contributed by atoms with Crippen molar-refractivity contribution in [1.29, 1.82) is 0 Å². The zero-order valence-electron chi connectivity index (χ0n) is 12.9. The van der Waals surface area contributed by atoms with Gasteiger partial charge < -0.3 is 9.84 Å². The van der Waals surface area contributed by atoms with Crippen molar-refractivity contribution in [2.75, 3.05) is 6.61 Å². The van der Waals surface area contributed by atoms with E-state index in [1.807, 2.05) is 4.72 Å². The first-order valence-corrected chi connectivity index (χ1v) is 8.32. The Balaban J connectivity index is 2.30. The van der Waals surface area contributed by atoms with Crippen LogP contribution in [0.2, 0.25) is 0 Å². The summed E-state index contributed by atoms with van der Waals surface area (Å²) in [5.74, 6) is -1.82. The van der Waals surface area contributed by atoms with Gasteiger partial charge in [0, 0.05) is 6.92 Å². The molecule has 1 aromatic carbocycles. The Morgan fingerprint density at radius 1 is 1.29 bits per heavy atom. The number of hydrogen-bond acceptors (Lipinski definition) is 7. The Bertz CT molecular complexity index is 870. The number of carbonyl (C=O) groups excluding carboxylic acids is 2. The predicted octanol–water partition coefficient (Wildman–Crippen LogP) is 0.579. The van der Waals surface area contributed by atoms with Crippen molar-refractivity contribution in [3.05, 3.63) is 36.2 Å². The number of esters is 1. The Kier molecular flexibility index (Phi) is 4.88. The van der Waals surface area contributed by atoms with E-state index in [2.05, 4.69) is 5.10 Å². The van der Waals surface area contributed by atoms with Gasteiger partial charge in [-0.1, -0.05) is 0 Å². The number of carbonyl (C=O) groups is 2. The molecule has 2 N–H and O–H groups in total. The maximum atomic E-state index is 11.9. The molecule has 1 heterocycles. The van der Waals surface area contributed by atoms with E-state index in [0.717, 1.165) is 6.92 Å². The van der Waals surface area contributed by atoms with Gasteiger partial charge >= 0.3 is 5.97 Å². The zero-order valence-corrected chi connectivity index (χ0v) is 13.7. The van der Waals surface area contributed by atoms with Crippen molar-refractivity contribution < 1.29 is 27.9 Å². The minimum Gasteiger partial charge on any atom is -0.504 e. The molecule has 128 valence electrons. The fourth-order valence-corrected chi connectivity index (χ4v) is 2.86. The number of sulfonamides is 1. The summed E-state index contributed by atoms with van der Waals surface area (Å²) in [5.41, 5.74) is 0.161. The second-order valence-corrected chi connectivity index (χ2v) is 6.37. The van der Waals surface area contributed by atoms with E-state index < -0.39 is 21.9 Å².